The Morgan fingerprint density at radius 3 is 2.50 bits per heavy atom. The molecule has 4 heteroatoms. The summed E-state index contributed by atoms with van der Waals surface area (Å²) >= 11 is 0. The zero-order valence-corrected chi connectivity index (χ0v) is 8.41. The summed E-state index contributed by atoms with van der Waals surface area (Å²) in [5.74, 6) is -0.322. The van der Waals surface area contributed by atoms with Crippen molar-refractivity contribution in [1.29, 1.82) is 0 Å². The van der Waals surface area contributed by atoms with Gasteiger partial charge in [0.15, 0.2) is 0 Å². The molecule has 1 atom stereocenters. The van der Waals surface area contributed by atoms with Crippen molar-refractivity contribution < 1.29 is 19.4 Å². The number of carbonyl (C=O) groups is 1. The summed E-state index contributed by atoms with van der Waals surface area (Å²) in [4.78, 5) is 11.7. The Balaban J connectivity index is 2.25. The lowest BCUT2D eigenvalue weighted by Gasteiger charge is -2.47. The van der Waals surface area contributed by atoms with Crippen molar-refractivity contribution in [3.05, 3.63) is 0 Å². The third kappa shape index (κ3) is 1.10. The average Bonchev–Trinajstić information content (AvgIpc) is 2.63. The van der Waals surface area contributed by atoms with Gasteiger partial charge in [0.05, 0.1) is 19.3 Å². The van der Waals surface area contributed by atoms with Crippen LogP contribution in [0.4, 0.5) is 0 Å². The third-order valence-electron chi connectivity index (χ3n) is 3.67. The quantitative estimate of drug-likeness (QED) is 0.659. The zero-order valence-electron chi connectivity index (χ0n) is 8.41. The minimum absolute atomic E-state index is 0.302. The maximum absolute atomic E-state index is 11.7. The van der Waals surface area contributed by atoms with E-state index in [1.54, 1.807) is 0 Å². The van der Waals surface area contributed by atoms with E-state index in [0.717, 1.165) is 6.42 Å². The fraction of sp³-hybridized carbons (Fsp3) is 0.900. The Morgan fingerprint density at radius 1 is 1.43 bits per heavy atom. The maximum atomic E-state index is 11.7. The number of hydrogen-bond donors (Lipinski definition) is 1. The molecule has 0 aromatic heterocycles. The van der Waals surface area contributed by atoms with Crippen LogP contribution >= 0.6 is 0 Å². The molecule has 2 fully saturated rings. The van der Waals surface area contributed by atoms with Crippen LogP contribution in [0, 0.1) is 5.41 Å². The Bertz CT molecular complexity index is 239. The largest absolute Gasteiger partial charge is 0.468 e. The van der Waals surface area contributed by atoms with E-state index in [1.807, 2.05) is 0 Å². The molecule has 1 N–H and O–H groups in total. The van der Waals surface area contributed by atoms with Crippen LogP contribution in [0.2, 0.25) is 0 Å². The number of esters is 1. The highest BCUT2D eigenvalue weighted by molar-refractivity contribution is 5.79. The Kier molecular flexibility index (Phi) is 2.27. The number of methoxy groups -OCH3 is 1. The summed E-state index contributed by atoms with van der Waals surface area (Å²) in [5.41, 5.74) is -1.67. The van der Waals surface area contributed by atoms with Crippen LogP contribution in [0.15, 0.2) is 0 Å². The first-order valence-electron chi connectivity index (χ1n) is 5.03. The van der Waals surface area contributed by atoms with Gasteiger partial charge in [-0.1, -0.05) is 0 Å². The van der Waals surface area contributed by atoms with Crippen LogP contribution in [0.25, 0.3) is 0 Å². The van der Waals surface area contributed by atoms with E-state index >= 15 is 0 Å². The summed E-state index contributed by atoms with van der Waals surface area (Å²) in [7, 11) is 1.37. The third-order valence-corrected chi connectivity index (χ3v) is 3.67. The maximum Gasteiger partial charge on any atom is 0.317 e. The fourth-order valence-corrected chi connectivity index (χ4v) is 2.47. The van der Waals surface area contributed by atoms with Gasteiger partial charge in [0.2, 0.25) is 0 Å². The molecule has 0 bridgehead atoms. The molecule has 0 aromatic rings. The van der Waals surface area contributed by atoms with Gasteiger partial charge in [-0.3, -0.25) is 4.79 Å². The number of aliphatic hydroxyl groups is 1. The van der Waals surface area contributed by atoms with Crippen LogP contribution in [0.5, 0.6) is 0 Å². The number of hydrogen-bond acceptors (Lipinski definition) is 4. The Labute approximate surface area is 83.2 Å². The molecule has 4 nitrogen and oxygen atoms in total. The van der Waals surface area contributed by atoms with E-state index in [9.17, 15) is 9.90 Å². The van der Waals surface area contributed by atoms with E-state index in [2.05, 4.69) is 0 Å². The lowest BCUT2D eigenvalue weighted by Crippen LogP contribution is -2.58. The van der Waals surface area contributed by atoms with Gasteiger partial charge in [-0.2, -0.15) is 0 Å². The molecule has 1 heterocycles. The van der Waals surface area contributed by atoms with Gasteiger partial charge >= 0.3 is 5.97 Å². The zero-order chi connectivity index (χ0) is 10.2. The molecule has 80 valence electrons. The van der Waals surface area contributed by atoms with Gasteiger partial charge in [0.1, 0.15) is 5.41 Å². The lowest BCUT2D eigenvalue weighted by atomic mass is 9.61. The predicted molar refractivity (Wildman–Crippen MR) is 48.7 cm³/mol. The summed E-state index contributed by atoms with van der Waals surface area (Å²) in [6, 6.07) is 0. The van der Waals surface area contributed by atoms with Crippen molar-refractivity contribution in [2.24, 2.45) is 5.41 Å². The first-order valence-corrected chi connectivity index (χ1v) is 5.03. The smallest absolute Gasteiger partial charge is 0.317 e. The van der Waals surface area contributed by atoms with Crippen molar-refractivity contribution in [3.8, 4) is 0 Å². The molecule has 1 saturated heterocycles. The molecule has 1 saturated carbocycles. The molecule has 1 aliphatic heterocycles. The van der Waals surface area contributed by atoms with Crippen LogP contribution in [-0.4, -0.2) is 37.0 Å². The molecule has 0 radical (unpaired) electrons. The molecular weight excluding hydrogens is 184 g/mol. The Morgan fingerprint density at radius 2 is 2.14 bits per heavy atom. The number of carbonyl (C=O) groups excluding carboxylic acids is 1. The summed E-state index contributed by atoms with van der Waals surface area (Å²) < 4.78 is 10.0. The summed E-state index contributed by atoms with van der Waals surface area (Å²) in [5, 5.41) is 10.3. The van der Waals surface area contributed by atoms with Gasteiger partial charge in [-0.05, 0) is 25.7 Å². The van der Waals surface area contributed by atoms with E-state index in [-0.39, 0.29) is 5.97 Å². The number of ether oxygens (including phenoxy) is 2. The van der Waals surface area contributed by atoms with Crippen LogP contribution in [-0.2, 0) is 14.3 Å². The van der Waals surface area contributed by atoms with Crippen molar-refractivity contribution in [3.63, 3.8) is 0 Å². The first kappa shape index (κ1) is 9.93. The van der Waals surface area contributed by atoms with Gasteiger partial charge in [-0.25, -0.2) is 0 Å². The second-order valence-corrected chi connectivity index (χ2v) is 4.26. The highest BCUT2D eigenvalue weighted by atomic mass is 16.5. The van der Waals surface area contributed by atoms with Crippen molar-refractivity contribution in [2.45, 2.75) is 31.3 Å². The minimum Gasteiger partial charge on any atom is -0.468 e. The van der Waals surface area contributed by atoms with Crippen molar-refractivity contribution >= 4 is 5.97 Å². The second-order valence-electron chi connectivity index (χ2n) is 4.26. The first-order chi connectivity index (χ1) is 6.65. The van der Waals surface area contributed by atoms with Crippen LogP contribution < -0.4 is 0 Å². The molecule has 0 amide bonds. The topological polar surface area (TPSA) is 55.8 Å². The van der Waals surface area contributed by atoms with Crippen LogP contribution in [0.3, 0.4) is 0 Å². The standard InChI is InChI=1S/C10H16O4/c1-13-8(11)9(5-6-14-7-9)10(12)3-2-4-10/h12H,2-7H2,1H3. The highest BCUT2D eigenvalue weighted by Gasteiger charge is 2.61. The molecule has 0 spiro atoms. The van der Waals surface area contributed by atoms with Gasteiger partial charge in [0, 0.05) is 6.61 Å². The van der Waals surface area contributed by atoms with E-state index in [0.29, 0.717) is 32.5 Å². The number of rotatable bonds is 2. The Hall–Kier alpha value is -0.610. The summed E-state index contributed by atoms with van der Waals surface area (Å²) in [6.45, 7) is 0.841. The lowest BCUT2D eigenvalue weighted by molar-refractivity contribution is -0.187. The monoisotopic (exact) mass is 200 g/mol. The normalized spacial score (nSPS) is 35.0. The second kappa shape index (κ2) is 3.21. The molecular formula is C10H16O4. The van der Waals surface area contributed by atoms with Gasteiger partial charge in [0.25, 0.3) is 0 Å². The average molecular weight is 200 g/mol. The van der Waals surface area contributed by atoms with Gasteiger partial charge in [-0.15, -0.1) is 0 Å². The molecule has 14 heavy (non-hydrogen) atoms. The molecule has 2 rings (SSSR count). The fourth-order valence-electron chi connectivity index (χ4n) is 2.47. The van der Waals surface area contributed by atoms with Crippen LogP contribution in [0.1, 0.15) is 25.7 Å². The highest BCUT2D eigenvalue weighted by Crippen LogP contribution is 2.51. The van der Waals surface area contributed by atoms with E-state index in [1.165, 1.54) is 7.11 Å². The molecule has 0 aromatic carbocycles. The van der Waals surface area contributed by atoms with E-state index in [4.69, 9.17) is 9.47 Å². The van der Waals surface area contributed by atoms with E-state index < -0.39 is 11.0 Å². The van der Waals surface area contributed by atoms with Crippen molar-refractivity contribution in [2.75, 3.05) is 20.3 Å². The predicted octanol–water partition coefficient (Wildman–Crippen LogP) is 0.481. The summed E-state index contributed by atoms with van der Waals surface area (Å²) in [6.07, 6.45) is 2.93. The molecule has 2 aliphatic rings. The van der Waals surface area contributed by atoms with Gasteiger partial charge < -0.3 is 14.6 Å². The van der Waals surface area contributed by atoms with Crippen molar-refractivity contribution in [1.82, 2.24) is 0 Å². The minimum atomic E-state index is -0.878. The molecule has 1 unspecified atom stereocenters. The molecule has 1 aliphatic carbocycles. The SMILES string of the molecule is COC(=O)C1(C2(O)CCC2)CCOC1.